The van der Waals surface area contributed by atoms with Gasteiger partial charge in [-0.05, 0) is 78.4 Å². The van der Waals surface area contributed by atoms with Crippen molar-refractivity contribution in [2.75, 3.05) is 0 Å². The van der Waals surface area contributed by atoms with Crippen LogP contribution in [-0.2, 0) is 0 Å². The number of hydrogen-bond acceptors (Lipinski definition) is 2. The van der Waals surface area contributed by atoms with Crippen molar-refractivity contribution in [1.29, 1.82) is 10.5 Å². The minimum absolute atomic E-state index is 0.617. The van der Waals surface area contributed by atoms with Gasteiger partial charge in [0.2, 0.25) is 0 Å². The monoisotopic (exact) mass is 699 g/mol. The predicted molar refractivity (Wildman–Crippen MR) is 224 cm³/mol. The summed E-state index contributed by atoms with van der Waals surface area (Å²) in [6, 6.07) is 65.8. The normalized spacial score (nSPS) is 11.6. The largest absolute Gasteiger partial charge is 0.309 e. The van der Waals surface area contributed by atoms with E-state index >= 15 is 0 Å². The Kier molecular flexibility index (Phi) is 6.61. The van der Waals surface area contributed by atoms with Crippen LogP contribution in [0, 0.1) is 22.7 Å². The molecule has 0 aliphatic rings. The zero-order valence-corrected chi connectivity index (χ0v) is 29.5. The van der Waals surface area contributed by atoms with Gasteiger partial charge in [-0.3, -0.25) is 0 Å². The lowest BCUT2D eigenvalue weighted by molar-refractivity contribution is 1.16. The zero-order valence-electron chi connectivity index (χ0n) is 29.5. The van der Waals surface area contributed by atoms with Crippen molar-refractivity contribution in [3.05, 3.63) is 187 Å². The maximum Gasteiger partial charge on any atom is 0.102 e. The summed E-state index contributed by atoms with van der Waals surface area (Å²) in [5.74, 6) is 0. The molecular formula is C50H29N5. The Morgan fingerprint density at radius 2 is 0.855 bits per heavy atom. The predicted octanol–water partition coefficient (Wildman–Crippen LogP) is 12.4. The first kappa shape index (κ1) is 30.7. The van der Waals surface area contributed by atoms with Gasteiger partial charge in [0.25, 0.3) is 0 Å². The van der Waals surface area contributed by atoms with Gasteiger partial charge in [0.05, 0.1) is 61.7 Å². The summed E-state index contributed by atoms with van der Waals surface area (Å²) >= 11 is 0. The summed E-state index contributed by atoms with van der Waals surface area (Å²) in [6.45, 7) is 0. The molecule has 5 heteroatoms. The summed E-state index contributed by atoms with van der Waals surface area (Å²) in [7, 11) is 0. The number of hydrogen-bond donors (Lipinski definition) is 0. The molecule has 5 nitrogen and oxygen atoms in total. The van der Waals surface area contributed by atoms with Gasteiger partial charge in [-0.25, -0.2) is 0 Å². The van der Waals surface area contributed by atoms with Gasteiger partial charge in [0.1, 0.15) is 6.07 Å². The quantitative estimate of drug-likeness (QED) is 0.184. The van der Waals surface area contributed by atoms with Crippen molar-refractivity contribution < 1.29 is 0 Å². The molecule has 11 rings (SSSR count). The third-order valence-corrected chi connectivity index (χ3v) is 11.1. The molecule has 0 saturated heterocycles. The highest BCUT2D eigenvalue weighted by Crippen LogP contribution is 2.41. The van der Waals surface area contributed by atoms with Gasteiger partial charge in [-0.1, -0.05) is 103 Å². The molecule has 8 aromatic carbocycles. The molecule has 0 atom stereocenters. The van der Waals surface area contributed by atoms with E-state index in [0.29, 0.717) is 11.1 Å². The average Bonchev–Trinajstić information content (AvgIpc) is 3.89. The first-order chi connectivity index (χ1) is 27.2. The molecule has 0 saturated carbocycles. The van der Waals surface area contributed by atoms with Gasteiger partial charge in [-0.15, -0.1) is 0 Å². The molecular weight excluding hydrogens is 671 g/mol. The third-order valence-electron chi connectivity index (χ3n) is 11.1. The lowest BCUT2D eigenvalue weighted by atomic mass is 9.98. The van der Waals surface area contributed by atoms with Crippen molar-refractivity contribution in [3.8, 4) is 40.3 Å². The van der Waals surface area contributed by atoms with E-state index in [1.807, 2.05) is 42.5 Å². The number of rotatable bonds is 4. The molecule has 0 fully saturated rings. The van der Waals surface area contributed by atoms with Crippen molar-refractivity contribution >= 4 is 65.4 Å². The molecule has 0 amide bonds. The second-order valence-corrected chi connectivity index (χ2v) is 13.9. The van der Waals surface area contributed by atoms with Crippen LogP contribution in [0.1, 0.15) is 11.1 Å². The van der Waals surface area contributed by atoms with Crippen LogP contribution >= 0.6 is 0 Å². The summed E-state index contributed by atoms with van der Waals surface area (Å²) in [5, 5.41) is 27.6. The highest BCUT2D eigenvalue weighted by Gasteiger charge is 2.21. The van der Waals surface area contributed by atoms with Gasteiger partial charge in [0.15, 0.2) is 0 Å². The minimum atomic E-state index is 0.617. The Morgan fingerprint density at radius 3 is 1.42 bits per heavy atom. The van der Waals surface area contributed by atoms with Crippen LogP contribution in [0.25, 0.3) is 93.6 Å². The Labute approximate surface area is 316 Å². The Balaban J connectivity index is 1.11. The van der Waals surface area contributed by atoms with Gasteiger partial charge >= 0.3 is 0 Å². The van der Waals surface area contributed by atoms with Crippen LogP contribution in [0.5, 0.6) is 0 Å². The molecule has 3 aromatic heterocycles. The van der Waals surface area contributed by atoms with E-state index in [0.717, 1.165) is 82.8 Å². The number of nitriles is 2. The molecule has 0 unspecified atom stereocenters. The molecule has 0 aliphatic heterocycles. The Hall–Kier alpha value is -7.86. The summed E-state index contributed by atoms with van der Waals surface area (Å²) in [4.78, 5) is 0. The van der Waals surface area contributed by atoms with E-state index < -0.39 is 0 Å². The molecule has 254 valence electrons. The highest BCUT2D eigenvalue weighted by molar-refractivity contribution is 6.17. The van der Waals surface area contributed by atoms with E-state index in [-0.39, 0.29) is 0 Å². The first-order valence-corrected chi connectivity index (χ1v) is 18.3. The fourth-order valence-electron chi connectivity index (χ4n) is 8.82. The molecule has 0 bridgehead atoms. The maximum atomic E-state index is 10.7. The smallest absolute Gasteiger partial charge is 0.102 e. The van der Waals surface area contributed by atoms with Crippen molar-refractivity contribution in [2.45, 2.75) is 0 Å². The number of benzene rings is 8. The van der Waals surface area contributed by atoms with E-state index in [1.54, 1.807) is 0 Å². The van der Waals surface area contributed by atoms with E-state index in [4.69, 9.17) is 0 Å². The van der Waals surface area contributed by atoms with Gasteiger partial charge < -0.3 is 13.7 Å². The SMILES string of the molecule is N#Cc1ccc2c(c1)c1c(-n3c4ccccc4c4ccccc43)cccc1n2-c1ccc(-c2cccc(-n3c4ccccc4c4ccccc43)c2C#N)cc1. The van der Waals surface area contributed by atoms with E-state index in [1.165, 1.54) is 10.8 Å². The van der Waals surface area contributed by atoms with Crippen molar-refractivity contribution in [3.63, 3.8) is 0 Å². The number of para-hydroxylation sites is 4. The fraction of sp³-hybridized carbons (Fsp3) is 0. The van der Waals surface area contributed by atoms with E-state index in [2.05, 4.69) is 159 Å². The molecule has 0 spiro atoms. The summed E-state index contributed by atoms with van der Waals surface area (Å²) < 4.78 is 6.85. The van der Waals surface area contributed by atoms with Crippen LogP contribution in [0.4, 0.5) is 0 Å². The van der Waals surface area contributed by atoms with Gasteiger partial charge in [-0.2, -0.15) is 10.5 Å². The average molecular weight is 700 g/mol. The summed E-state index contributed by atoms with van der Waals surface area (Å²) in [5.41, 5.74) is 12.4. The van der Waals surface area contributed by atoms with E-state index in [9.17, 15) is 10.5 Å². The van der Waals surface area contributed by atoms with Crippen LogP contribution < -0.4 is 0 Å². The van der Waals surface area contributed by atoms with Gasteiger partial charge in [0, 0.05) is 43.6 Å². The molecule has 0 N–H and O–H groups in total. The molecule has 0 aliphatic carbocycles. The molecule has 0 radical (unpaired) electrons. The third kappa shape index (κ3) is 4.39. The lowest BCUT2D eigenvalue weighted by Gasteiger charge is -2.14. The lowest BCUT2D eigenvalue weighted by Crippen LogP contribution is -2.00. The Bertz CT molecular complexity index is 3350. The Morgan fingerprint density at radius 1 is 0.364 bits per heavy atom. The van der Waals surface area contributed by atoms with Crippen LogP contribution in [0.3, 0.4) is 0 Å². The topological polar surface area (TPSA) is 62.4 Å². The maximum absolute atomic E-state index is 10.7. The number of aromatic nitrogens is 3. The second kappa shape index (κ2) is 11.8. The summed E-state index contributed by atoms with van der Waals surface area (Å²) in [6.07, 6.45) is 0. The van der Waals surface area contributed by atoms with Crippen molar-refractivity contribution in [1.82, 2.24) is 13.7 Å². The first-order valence-electron chi connectivity index (χ1n) is 18.3. The van der Waals surface area contributed by atoms with Crippen LogP contribution in [0.2, 0.25) is 0 Å². The zero-order chi connectivity index (χ0) is 36.6. The molecule has 11 aromatic rings. The minimum Gasteiger partial charge on any atom is -0.309 e. The van der Waals surface area contributed by atoms with Crippen LogP contribution in [0.15, 0.2) is 176 Å². The molecule has 3 heterocycles. The number of fused-ring (bicyclic) bond motifs is 9. The second-order valence-electron chi connectivity index (χ2n) is 13.9. The highest BCUT2D eigenvalue weighted by atomic mass is 15.0. The standard InChI is InChI=1S/C50H29N5/c51-30-32-23-28-47-40(29-32)50-48(21-10-22-49(50)55-44-18-7-3-13-38(44)39-14-4-8-19-45(39)55)53(47)34-26-24-33(25-27-34)35-15-9-20-46(41(35)31-52)54-42-16-5-1-11-36(42)37-12-2-6-17-43(37)54/h1-29H. The van der Waals surface area contributed by atoms with Crippen molar-refractivity contribution in [2.24, 2.45) is 0 Å². The fourth-order valence-corrected chi connectivity index (χ4v) is 8.82. The molecule has 55 heavy (non-hydrogen) atoms. The number of nitrogens with zero attached hydrogens (tertiary/aromatic N) is 5. The van der Waals surface area contributed by atoms with Crippen LogP contribution in [-0.4, -0.2) is 13.7 Å².